The average molecular weight is 515 g/mol. The lowest BCUT2D eigenvalue weighted by Crippen LogP contribution is -2.58. The molecule has 0 aromatic heterocycles. The van der Waals surface area contributed by atoms with Gasteiger partial charge in [-0.3, -0.25) is 4.79 Å². The third kappa shape index (κ3) is 4.89. The number of ether oxygens (including phenoxy) is 1. The lowest BCUT2D eigenvalue weighted by Gasteiger charge is -2.62. The molecular weight excluding hydrogens is 468 g/mol. The quantitative estimate of drug-likeness (QED) is 0.371. The molecule has 4 fully saturated rings. The molecule has 4 aliphatic rings. The van der Waals surface area contributed by atoms with Gasteiger partial charge in [0.2, 0.25) is 0 Å². The fraction of sp³-hybridized carbons (Fsp3) is 0.774. The van der Waals surface area contributed by atoms with E-state index in [9.17, 15) is 25.2 Å². The van der Waals surface area contributed by atoms with Crippen molar-refractivity contribution >= 4 is 5.97 Å². The Kier molecular flexibility index (Phi) is 7.29. The van der Waals surface area contributed by atoms with Gasteiger partial charge in [-0.2, -0.15) is 0 Å². The van der Waals surface area contributed by atoms with Crippen molar-refractivity contribution in [2.75, 3.05) is 0 Å². The first-order valence-corrected chi connectivity index (χ1v) is 14.5. The number of aliphatic hydroxyl groups excluding tert-OH is 2. The van der Waals surface area contributed by atoms with Gasteiger partial charge in [-0.15, -0.1) is 0 Å². The molecule has 206 valence electrons. The summed E-state index contributed by atoms with van der Waals surface area (Å²) in [6, 6.07) is 4.23. The summed E-state index contributed by atoms with van der Waals surface area (Å²) >= 11 is 0. The molecule has 6 heteroatoms. The summed E-state index contributed by atoms with van der Waals surface area (Å²) in [5.74, 6) is 2.46. The number of carbonyl (C=O) groups is 1. The van der Waals surface area contributed by atoms with Crippen LogP contribution in [0.25, 0.3) is 0 Å². The summed E-state index contributed by atoms with van der Waals surface area (Å²) in [6.45, 7) is 7.23. The van der Waals surface area contributed by atoms with E-state index in [1.54, 1.807) is 0 Å². The maximum atomic E-state index is 12.5. The molecule has 5 rings (SSSR count). The molecule has 10 atom stereocenters. The average Bonchev–Trinajstić information content (AvgIpc) is 3.19. The zero-order valence-corrected chi connectivity index (χ0v) is 22.7. The summed E-state index contributed by atoms with van der Waals surface area (Å²) < 4.78 is 5.42. The summed E-state index contributed by atoms with van der Waals surface area (Å²) in [5, 5.41) is 41.0. The van der Waals surface area contributed by atoms with Crippen LogP contribution < -0.4 is 0 Å². The van der Waals surface area contributed by atoms with E-state index in [1.165, 1.54) is 37.5 Å². The Bertz CT molecular complexity index is 974. The van der Waals surface area contributed by atoms with Gasteiger partial charge in [-0.05, 0) is 122 Å². The van der Waals surface area contributed by atoms with Gasteiger partial charge in [-0.25, -0.2) is 0 Å². The van der Waals surface area contributed by atoms with Crippen LogP contribution in [-0.4, -0.2) is 38.6 Å². The number of aromatic hydroxyl groups is 2. The summed E-state index contributed by atoms with van der Waals surface area (Å²) in [5.41, 5.74) is 1.00. The SMILES string of the molecule is C[C@H](CCC(=O)OCc1cc(O)cc(O)c1)[C@H]1CC[C@H]2[C@@H]3[C@H](O)C[C@@H]4C[C@H](O)CC[C@]4(C)[C@H]3CC[C@]12C. The fourth-order valence-corrected chi connectivity index (χ4v) is 9.70. The topological polar surface area (TPSA) is 107 Å². The van der Waals surface area contributed by atoms with Crippen molar-refractivity contribution in [3.8, 4) is 11.5 Å². The third-order valence-corrected chi connectivity index (χ3v) is 11.6. The Morgan fingerprint density at radius 1 is 0.973 bits per heavy atom. The Balaban J connectivity index is 1.20. The van der Waals surface area contributed by atoms with Crippen LogP contribution in [0.5, 0.6) is 11.5 Å². The first-order chi connectivity index (χ1) is 17.5. The zero-order valence-electron chi connectivity index (χ0n) is 22.7. The van der Waals surface area contributed by atoms with Crippen molar-refractivity contribution in [2.24, 2.45) is 46.3 Å². The van der Waals surface area contributed by atoms with E-state index in [0.29, 0.717) is 47.5 Å². The molecule has 4 N–H and O–H groups in total. The van der Waals surface area contributed by atoms with Crippen molar-refractivity contribution < 1.29 is 30.0 Å². The minimum absolute atomic E-state index is 0.0378. The van der Waals surface area contributed by atoms with E-state index in [2.05, 4.69) is 20.8 Å². The van der Waals surface area contributed by atoms with Gasteiger partial charge in [0, 0.05) is 12.5 Å². The van der Waals surface area contributed by atoms with Gasteiger partial charge in [0.1, 0.15) is 18.1 Å². The highest BCUT2D eigenvalue weighted by Crippen LogP contribution is 2.68. The number of phenols is 2. The molecule has 37 heavy (non-hydrogen) atoms. The van der Waals surface area contributed by atoms with Crippen LogP contribution in [-0.2, 0) is 16.1 Å². The maximum absolute atomic E-state index is 12.5. The molecule has 0 aliphatic heterocycles. The minimum atomic E-state index is -0.265. The van der Waals surface area contributed by atoms with E-state index in [4.69, 9.17) is 4.74 Å². The highest BCUT2D eigenvalue weighted by atomic mass is 16.5. The smallest absolute Gasteiger partial charge is 0.306 e. The van der Waals surface area contributed by atoms with Gasteiger partial charge in [0.25, 0.3) is 0 Å². The summed E-state index contributed by atoms with van der Waals surface area (Å²) in [6.07, 6.45) is 9.03. The number of rotatable bonds is 6. The molecule has 0 bridgehead atoms. The predicted octanol–water partition coefficient (Wildman–Crippen LogP) is 5.55. The largest absolute Gasteiger partial charge is 0.508 e. The van der Waals surface area contributed by atoms with Crippen molar-refractivity contribution in [2.45, 2.75) is 104 Å². The zero-order chi connectivity index (χ0) is 26.5. The molecule has 4 saturated carbocycles. The van der Waals surface area contributed by atoms with Gasteiger partial charge in [-0.1, -0.05) is 20.8 Å². The van der Waals surface area contributed by atoms with Crippen LogP contribution in [0.3, 0.4) is 0 Å². The Morgan fingerprint density at radius 2 is 1.65 bits per heavy atom. The summed E-state index contributed by atoms with van der Waals surface area (Å²) in [7, 11) is 0. The number of esters is 1. The molecule has 0 radical (unpaired) electrons. The molecule has 6 nitrogen and oxygen atoms in total. The van der Waals surface area contributed by atoms with Crippen LogP contribution in [0.2, 0.25) is 0 Å². The molecule has 0 amide bonds. The number of hydrogen-bond acceptors (Lipinski definition) is 6. The van der Waals surface area contributed by atoms with E-state index in [0.717, 1.165) is 38.5 Å². The highest BCUT2D eigenvalue weighted by Gasteiger charge is 2.62. The molecule has 1 aromatic carbocycles. The van der Waals surface area contributed by atoms with E-state index < -0.39 is 0 Å². The number of fused-ring (bicyclic) bond motifs is 5. The highest BCUT2D eigenvalue weighted by molar-refractivity contribution is 5.69. The maximum Gasteiger partial charge on any atom is 0.306 e. The first kappa shape index (κ1) is 26.8. The number of hydrogen-bond donors (Lipinski definition) is 4. The van der Waals surface area contributed by atoms with Gasteiger partial charge in [0.15, 0.2) is 0 Å². The Morgan fingerprint density at radius 3 is 2.38 bits per heavy atom. The first-order valence-electron chi connectivity index (χ1n) is 14.5. The number of phenolic OH excluding ortho intramolecular Hbond substituents is 2. The van der Waals surface area contributed by atoms with Crippen molar-refractivity contribution in [3.05, 3.63) is 23.8 Å². The molecule has 4 aliphatic carbocycles. The molecule has 0 saturated heterocycles. The third-order valence-electron chi connectivity index (χ3n) is 11.6. The van der Waals surface area contributed by atoms with Crippen LogP contribution in [0.15, 0.2) is 18.2 Å². The van der Waals surface area contributed by atoms with E-state index >= 15 is 0 Å². The van der Waals surface area contributed by atoms with Gasteiger partial charge in [0.05, 0.1) is 12.2 Å². The predicted molar refractivity (Wildman–Crippen MR) is 141 cm³/mol. The number of benzene rings is 1. The van der Waals surface area contributed by atoms with Crippen LogP contribution in [0.1, 0.15) is 90.5 Å². The lowest BCUT2D eigenvalue weighted by atomic mass is 9.43. The second kappa shape index (κ2) is 10.1. The molecule has 0 spiro atoms. The molecule has 0 heterocycles. The molecule has 1 aromatic rings. The van der Waals surface area contributed by atoms with Gasteiger partial charge >= 0.3 is 5.97 Å². The van der Waals surface area contributed by atoms with Crippen molar-refractivity contribution in [1.29, 1.82) is 0 Å². The van der Waals surface area contributed by atoms with Crippen molar-refractivity contribution in [1.82, 2.24) is 0 Å². The monoisotopic (exact) mass is 514 g/mol. The standard InChI is InChI=1S/C31H46O6/c1-18(4-7-28(36)37-17-19-12-22(33)16-23(34)13-19)24-5-6-25-29-26(9-11-31(24,25)3)30(2)10-8-21(32)14-20(30)15-27(29)35/h12-13,16,18,20-21,24-27,29,32-35H,4-11,14-15,17H2,1-3H3/t18-,20+,21-,24-,25+,26+,27-,29+,30+,31-/m1/s1. The number of carbonyl (C=O) groups excluding carboxylic acids is 1. The normalized spacial score (nSPS) is 41.8. The second-order valence-electron chi connectivity index (χ2n) is 13.5. The Labute approximate surface area is 221 Å². The Hall–Kier alpha value is -1.79. The minimum Gasteiger partial charge on any atom is -0.508 e. The van der Waals surface area contributed by atoms with Gasteiger partial charge < -0.3 is 25.2 Å². The van der Waals surface area contributed by atoms with Crippen LogP contribution in [0.4, 0.5) is 0 Å². The lowest BCUT2D eigenvalue weighted by molar-refractivity contribution is -0.174. The van der Waals surface area contributed by atoms with Crippen LogP contribution in [0, 0.1) is 46.3 Å². The van der Waals surface area contributed by atoms with Crippen LogP contribution >= 0.6 is 0 Å². The molecule has 0 unspecified atom stereocenters. The number of aliphatic hydroxyl groups is 2. The second-order valence-corrected chi connectivity index (χ2v) is 13.5. The fourth-order valence-electron chi connectivity index (χ4n) is 9.70. The summed E-state index contributed by atoms with van der Waals surface area (Å²) in [4.78, 5) is 12.5. The van der Waals surface area contributed by atoms with E-state index in [-0.39, 0.29) is 47.1 Å². The van der Waals surface area contributed by atoms with E-state index in [1.807, 2.05) is 0 Å². The molecular formula is C31H46O6. The van der Waals surface area contributed by atoms with Crippen molar-refractivity contribution in [3.63, 3.8) is 0 Å².